The smallest absolute Gasteiger partial charge is 0.0630 e. The Morgan fingerprint density at radius 2 is 1.67 bits per heavy atom. The maximum Gasteiger partial charge on any atom is 0.0630 e. The summed E-state index contributed by atoms with van der Waals surface area (Å²) in [5.74, 6) is 0. The summed E-state index contributed by atoms with van der Waals surface area (Å²) in [6.45, 7) is 8.21. The fourth-order valence-corrected chi connectivity index (χ4v) is 1.71. The van der Waals surface area contributed by atoms with E-state index in [4.69, 9.17) is 10.5 Å². The number of nitrogens with two attached hydrogens (primary N) is 1. The lowest BCUT2D eigenvalue weighted by atomic mass is 10.2. The molecule has 3 heteroatoms. The summed E-state index contributed by atoms with van der Waals surface area (Å²) in [6, 6.07) is 0.396. The van der Waals surface area contributed by atoms with Crippen LogP contribution in [-0.4, -0.2) is 44.3 Å². The molecule has 0 saturated heterocycles. The molecule has 92 valence electrons. The van der Waals surface area contributed by atoms with E-state index < -0.39 is 0 Å². The lowest BCUT2D eigenvalue weighted by Crippen LogP contribution is -2.44. The van der Waals surface area contributed by atoms with Crippen LogP contribution in [-0.2, 0) is 4.74 Å². The largest absolute Gasteiger partial charge is 0.383 e. The lowest BCUT2D eigenvalue weighted by Gasteiger charge is -2.30. The maximum atomic E-state index is 5.78. The summed E-state index contributed by atoms with van der Waals surface area (Å²) >= 11 is 0. The van der Waals surface area contributed by atoms with Crippen LogP contribution in [0.25, 0.3) is 0 Å². The van der Waals surface area contributed by atoms with Gasteiger partial charge in [0, 0.05) is 19.7 Å². The highest BCUT2D eigenvalue weighted by Crippen LogP contribution is 2.05. The Balaban J connectivity index is 4.02. The molecular formula is C12H28N2O. The summed E-state index contributed by atoms with van der Waals surface area (Å²) in [6.07, 6.45) is 4.99. The first kappa shape index (κ1) is 14.9. The van der Waals surface area contributed by atoms with Gasteiger partial charge in [0.15, 0.2) is 0 Å². The van der Waals surface area contributed by atoms with Gasteiger partial charge < -0.3 is 10.5 Å². The topological polar surface area (TPSA) is 38.5 Å². The third-order valence-corrected chi connectivity index (χ3v) is 2.75. The molecule has 0 amide bonds. The molecule has 0 aliphatic rings. The van der Waals surface area contributed by atoms with Gasteiger partial charge in [-0.25, -0.2) is 0 Å². The predicted octanol–water partition coefficient (Wildman–Crippen LogP) is 1.86. The van der Waals surface area contributed by atoms with Crippen molar-refractivity contribution in [1.29, 1.82) is 0 Å². The molecule has 0 aromatic rings. The van der Waals surface area contributed by atoms with E-state index in [0.29, 0.717) is 12.6 Å². The molecule has 0 aromatic carbocycles. The van der Waals surface area contributed by atoms with E-state index in [0.717, 1.165) is 19.7 Å². The first-order valence-electron chi connectivity index (χ1n) is 6.23. The van der Waals surface area contributed by atoms with E-state index in [9.17, 15) is 0 Å². The highest BCUT2D eigenvalue weighted by Gasteiger charge is 2.15. The molecule has 15 heavy (non-hydrogen) atoms. The highest BCUT2D eigenvalue weighted by atomic mass is 16.5. The molecular weight excluding hydrogens is 188 g/mol. The van der Waals surface area contributed by atoms with Crippen LogP contribution in [0, 0.1) is 0 Å². The third-order valence-electron chi connectivity index (χ3n) is 2.75. The van der Waals surface area contributed by atoms with E-state index in [1.807, 2.05) is 0 Å². The van der Waals surface area contributed by atoms with Crippen LogP contribution in [0.4, 0.5) is 0 Å². The molecule has 1 atom stereocenters. The van der Waals surface area contributed by atoms with E-state index in [1.54, 1.807) is 7.11 Å². The number of hydrogen-bond acceptors (Lipinski definition) is 3. The van der Waals surface area contributed by atoms with E-state index in [1.165, 1.54) is 25.7 Å². The van der Waals surface area contributed by atoms with E-state index in [-0.39, 0.29) is 0 Å². The zero-order valence-corrected chi connectivity index (χ0v) is 10.7. The molecule has 0 aromatic heterocycles. The number of rotatable bonds is 10. The van der Waals surface area contributed by atoms with Gasteiger partial charge in [-0.3, -0.25) is 4.90 Å². The van der Waals surface area contributed by atoms with Gasteiger partial charge in [-0.2, -0.15) is 0 Å². The summed E-state index contributed by atoms with van der Waals surface area (Å²) < 4.78 is 5.21. The van der Waals surface area contributed by atoms with Gasteiger partial charge in [-0.1, -0.05) is 26.7 Å². The second-order valence-electron chi connectivity index (χ2n) is 4.09. The average molecular weight is 216 g/mol. The molecule has 1 unspecified atom stereocenters. The molecule has 0 aliphatic heterocycles. The molecule has 0 heterocycles. The molecule has 3 nitrogen and oxygen atoms in total. The van der Waals surface area contributed by atoms with Gasteiger partial charge in [-0.15, -0.1) is 0 Å². The summed E-state index contributed by atoms with van der Waals surface area (Å²) in [5, 5.41) is 0. The van der Waals surface area contributed by atoms with Gasteiger partial charge in [-0.05, 0) is 25.9 Å². The first-order chi connectivity index (χ1) is 7.29. The fourth-order valence-electron chi connectivity index (χ4n) is 1.71. The van der Waals surface area contributed by atoms with Gasteiger partial charge in [0.05, 0.1) is 6.61 Å². The Morgan fingerprint density at radius 1 is 1.13 bits per heavy atom. The molecule has 0 aliphatic carbocycles. The fraction of sp³-hybridized carbons (Fsp3) is 1.00. The molecule has 0 bridgehead atoms. The monoisotopic (exact) mass is 216 g/mol. The minimum Gasteiger partial charge on any atom is -0.383 e. The maximum absolute atomic E-state index is 5.78. The summed E-state index contributed by atoms with van der Waals surface area (Å²) in [7, 11) is 1.75. The van der Waals surface area contributed by atoms with Crippen molar-refractivity contribution in [2.24, 2.45) is 5.73 Å². The van der Waals surface area contributed by atoms with Crippen molar-refractivity contribution in [3.05, 3.63) is 0 Å². The quantitative estimate of drug-likeness (QED) is 0.606. The van der Waals surface area contributed by atoms with Crippen LogP contribution in [0.3, 0.4) is 0 Å². The normalized spacial score (nSPS) is 13.4. The van der Waals surface area contributed by atoms with Crippen molar-refractivity contribution in [3.8, 4) is 0 Å². The van der Waals surface area contributed by atoms with Crippen molar-refractivity contribution in [2.45, 2.75) is 45.6 Å². The van der Waals surface area contributed by atoms with E-state index >= 15 is 0 Å². The van der Waals surface area contributed by atoms with Gasteiger partial charge in [0.2, 0.25) is 0 Å². The van der Waals surface area contributed by atoms with Crippen LogP contribution >= 0.6 is 0 Å². The Kier molecular flexibility index (Phi) is 10.3. The second-order valence-corrected chi connectivity index (χ2v) is 4.09. The Morgan fingerprint density at radius 3 is 2.00 bits per heavy atom. The zero-order valence-electron chi connectivity index (χ0n) is 10.7. The van der Waals surface area contributed by atoms with Crippen molar-refractivity contribution in [2.75, 3.05) is 33.4 Å². The number of unbranched alkanes of at least 4 members (excludes halogenated alkanes) is 2. The molecule has 2 N–H and O–H groups in total. The predicted molar refractivity (Wildman–Crippen MR) is 66.1 cm³/mol. The Bertz CT molecular complexity index is 123. The molecule has 0 fully saturated rings. The first-order valence-corrected chi connectivity index (χ1v) is 6.23. The lowest BCUT2D eigenvalue weighted by molar-refractivity contribution is 0.0917. The van der Waals surface area contributed by atoms with Crippen molar-refractivity contribution in [3.63, 3.8) is 0 Å². The van der Waals surface area contributed by atoms with Crippen molar-refractivity contribution < 1.29 is 4.74 Å². The number of methoxy groups -OCH3 is 1. The van der Waals surface area contributed by atoms with Gasteiger partial charge >= 0.3 is 0 Å². The Labute approximate surface area is 95.0 Å². The Hall–Kier alpha value is -0.120. The standard InChI is InChI=1S/C12H28N2O/c1-4-6-8-14(9-7-5-2)12(10-13)11-15-3/h12H,4-11,13H2,1-3H3. The molecule has 0 saturated carbocycles. The van der Waals surface area contributed by atoms with Crippen LogP contribution in [0.2, 0.25) is 0 Å². The van der Waals surface area contributed by atoms with Crippen molar-refractivity contribution in [1.82, 2.24) is 4.90 Å². The molecule has 0 spiro atoms. The number of hydrogen-bond donors (Lipinski definition) is 1. The minimum absolute atomic E-state index is 0.396. The van der Waals surface area contributed by atoms with Crippen LogP contribution in [0.1, 0.15) is 39.5 Å². The van der Waals surface area contributed by atoms with Gasteiger partial charge in [0.1, 0.15) is 0 Å². The molecule has 0 rings (SSSR count). The highest BCUT2D eigenvalue weighted by molar-refractivity contribution is 4.72. The van der Waals surface area contributed by atoms with Crippen LogP contribution in [0.5, 0.6) is 0 Å². The van der Waals surface area contributed by atoms with E-state index in [2.05, 4.69) is 18.7 Å². The molecule has 0 radical (unpaired) electrons. The van der Waals surface area contributed by atoms with Gasteiger partial charge in [0.25, 0.3) is 0 Å². The zero-order chi connectivity index (χ0) is 11.5. The third kappa shape index (κ3) is 6.88. The summed E-state index contributed by atoms with van der Waals surface area (Å²) in [4.78, 5) is 2.48. The van der Waals surface area contributed by atoms with Crippen LogP contribution in [0.15, 0.2) is 0 Å². The van der Waals surface area contributed by atoms with Crippen molar-refractivity contribution >= 4 is 0 Å². The summed E-state index contributed by atoms with van der Waals surface area (Å²) in [5.41, 5.74) is 5.78. The number of nitrogens with zero attached hydrogens (tertiary/aromatic N) is 1. The second kappa shape index (κ2) is 10.4. The average Bonchev–Trinajstić information content (AvgIpc) is 2.27. The SMILES string of the molecule is CCCCN(CCCC)C(CN)COC. The van der Waals surface area contributed by atoms with Crippen LogP contribution < -0.4 is 5.73 Å². The number of ether oxygens (including phenoxy) is 1. The minimum atomic E-state index is 0.396.